The monoisotopic (exact) mass is 385 g/mol. The number of anilines is 1. The van der Waals surface area contributed by atoms with Crippen LogP contribution in [0.5, 0.6) is 0 Å². The zero-order chi connectivity index (χ0) is 18.4. The average molecular weight is 386 g/mol. The molecule has 0 aliphatic rings. The van der Waals surface area contributed by atoms with Crippen molar-refractivity contribution in [3.63, 3.8) is 0 Å². The molecule has 2 amide bonds. The van der Waals surface area contributed by atoms with Gasteiger partial charge in [0.05, 0.1) is 29.2 Å². The van der Waals surface area contributed by atoms with Gasteiger partial charge in [-0.1, -0.05) is 23.7 Å². The molecule has 3 aromatic rings. The van der Waals surface area contributed by atoms with Crippen molar-refractivity contribution in [1.82, 2.24) is 10.3 Å². The van der Waals surface area contributed by atoms with Crippen molar-refractivity contribution in [2.45, 2.75) is 13.0 Å². The molecule has 2 heterocycles. The van der Waals surface area contributed by atoms with Crippen molar-refractivity contribution in [2.24, 2.45) is 0 Å². The molecule has 2 N–H and O–H groups in total. The van der Waals surface area contributed by atoms with E-state index in [1.54, 1.807) is 24.4 Å². The van der Waals surface area contributed by atoms with E-state index in [9.17, 15) is 9.59 Å². The molecule has 2 aromatic heterocycles. The summed E-state index contributed by atoms with van der Waals surface area (Å²) >= 11 is 7.74. The van der Waals surface area contributed by atoms with E-state index in [1.165, 1.54) is 11.3 Å². The molecule has 1 aromatic carbocycles. The van der Waals surface area contributed by atoms with Gasteiger partial charge in [-0.25, -0.2) is 0 Å². The van der Waals surface area contributed by atoms with Crippen LogP contribution in [0.4, 0.5) is 5.69 Å². The lowest BCUT2D eigenvalue weighted by Crippen LogP contribution is -2.23. The van der Waals surface area contributed by atoms with E-state index in [0.29, 0.717) is 24.2 Å². The van der Waals surface area contributed by atoms with Gasteiger partial charge in [-0.15, -0.1) is 11.3 Å². The van der Waals surface area contributed by atoms with Gasteiger partial charge in [0.25, 0.3) is 5.91 Å². The molecule has 7 heteroatoms. The van der Waals surface area contributed by atoms with Gasteiger partial charge in [-0.2, -0.15) is 0 Å². The lowest BCUT2D eigenvalue weighted by atomic mass is 10.2. The number of hydrogen-bond donors (Lipinski definition) is 2. The Balaban J connectivity index is 1.59. The van der Waals surface area contributed by atoms with Gasteiger partial charge in [0.1, 0.15) is 0 Å². The third-order valence-corrected chi connectivity index (χ3v) is 4.76. The molecular weight excluding hydrogens is 370 g/mol. The molecule has 0 aliphatic carbocycles. The Labute approximate surface area is 160 Å². The number of hydrogen-bond acceptors (Lipinski definition) is 4. The van der Waals surface area contributed by atoms with E-state index in [0.717, 1.165) is 10.6 Å². The van der Waals surface area contributed by atoms with Crippen molar-refractivity contribution in [1.29, 1.82) is 0 Å². The predicted molar refractivity (Wildman–Crippen MR) is 104 cm³/mol. The molecule has 0 bridgehead atoms. The van der Waals surface area contributed by atoms with Crippen molar-refractivity contribution >= 4 is 40.4 Å². The van der Waals surface area contributed by atoms with Crippen LogP contribution < -0.4 is 10.6 Å². The van der Waals surface area contributed by atoms with Gasteiger partial charge in [0.15, 0.2) is 0 Å². The minimum atomic E-state index is -0.294. The Morgan fingerprint density at radius 2 is 2.00 bits per heavy atom. The van der Waals surface area contributed by atoms with Gasteiger partial charge in [0, 0.05) is 16.8 Å². The molecule has 3 rings (SSSR count). The quantitative estimate of drug-likeness (QED) is 0.675. The van der Waals surface area contributed by atoms with Gasteiger partial charge < -0.3 is 10.6 Å². The third-order valence-electron chi connectivity index (χ3n) is 3.57. The molecular formula is C19H16ClN3O2S. The Hall–Kier alpha value is -2.70. The second-order valence-electron chi connectivity index (χ2n) is 5.50. The number of nitrogens with zero attached hydrogens (tertiary/aromatic N) is 1. The van der Waals surface area contributed by atoms with Gasteiger partial charge >= 0.3 is 0 Å². The highest BCUT2D eigenvalue weighted by Crippen LogP contribution is 2.21. The van der Waals surface area contributed by atoms with E-state index in [1.807, 2.05) is 35.7 Å². The van der Waals surface area contributed by atoms with Crippen LogP contribution >= 0.6 is 22.9 Å². The van der Waals surface area contributed by atoms with Crippen LogP contribution in [0, 0.1) is 0 Å². The summed E-state index contributed by atoms with van der Waals surface area (Å²) in [5.41, 5.74) is 1.66. The maximum Gasteiger partial charge on any atom is 0.253 e. The van der Waals surface area contributed by atoms with Crippen LogP contribution in [0.1, 0.15) is 20.9 Å². The first-order valence-corrected chi connectivity index (χ1v) is 9.17. The smallest absolute Gasteiger partial charge is 0.253 e. The SMILES string of the molecule is O=C(Cc1cccs1)Nc1ccc(C(=O)NCc2ccccn2)c(Cl)c1. The van der Waals surface area contributed by atoms with Crippen LogP contribution in [-0.4, -0.2) is 16.8 Å². The number of halogens is 1. The summed E-state index contributed by atoms with van der Waals surface area (Å²) in [5.74, 6) is -0.423. The fourth-order valence-corrected chi connectivity index (χ4v) is 3.29. The standard InChI is InChI=1S/C19H16ClN3O2S/c20-17-10-13(23-18(24)11-15-5-3-9-26-15)6-7-16(17)19(25)22-12-14-4-1-2-8-21-14/h1-10H,11-12H2,(H,22,25)(H,23,24). The van der Waals surface area contributed by atoms with E-state index in [-0.39, 0.29) is 16.8 Å². The number of carbonyl (C=O) groups is 2. The normalized spacial score (nSPS) is 10.3. The highest BCUT2D eigenvalue weighted by molar-refractivity contribution is 7.10. The number of thiophene rings is 1. The summed E-state index contributed by atoms with van der Waals surface area (Å²) in [4.78, 5) is 29.4. The average Bonchev–Trinajstić information content (AvgIpc) is 3.13. The molecule has 0 radical (unpaired) electrons. The number of pyridine rings is 1. The molecule has 5 nitrogen and oxygen atoms in total. The topological polar surface area (TPSA) is 71.1 Å². The Morgan fingerprint density at radius 3 is 2.69 bits per heavy atom. The van der Waals surface area contributed by atoms with Crippen molar-refractivity contribution < 1.29 is 9.59 Å². The molecule has 0 spiro atoms. The molecule has 0 aliphatic heterocycles. The largest absolute Gasteiger partial charge is 0.346 e. The summed E-state index contributed by atoms with van der Waals surface area (Å²) < 4.78 is 0. The summed E-state index contributed by atoms with van der Waals surface area (Å²) in [5, 5.41) is 7.76. The molecule has 0 fully saturated rings. The minimum Gasteiger partial charge on any atom is -0.346 e. The fourth-order valence-electron chi connectivity index (χ4n) is 2.32. The first-order valence-electron chi connectivity index (χ1n) is 7.92. The van der Waals surface area contributed by atoms with E-state index in [4.69, 9.17) is 11.6 Å². The number of amides is 2. The lowest BCUT2D eigenvalue weighted by molar-refractivity contribution is -0.115. The van der Waals surface area contributed by atoms with Gasteiger partial charge in [-0.05, 0) is 41.8 Å². The molecule has 132 valence electrons. The maximum atomic E-state index is 12.3. The summed E-state index contributed by atoms with van der Waals surface area (Å²) in [6.07, 6.45) is 1.98. The Bertz CT molecular complexity index is 898. The third kappa shape index (κ3) is 4.91. The van der Waals surface area contributed by atoms with Gasteiger partial charge in [-0.3, -0.25) is 14.6 Å². The zero-order valence-corrected chi connectivity index (χ0v) is 15.3. The second-order valence-corrected chi connectivity index (χ2v) is 6.94. The molecule has 0 saturated heterocycles. The number of carbonyl (C=O) groups excluding carboxylic acids is 2. The van der Waals surface area contributed by atoms with Crippen LogP contribution in [-0.2, 0) is 17.8 Å². The van der Waals surface area contributed by atoms with Gasteiger partial charge in [0.2, 0.25) is 5.91 Å². The van der Waals surface area contributed by atoms with E-state index in [2.05, 4.69) is 15.6 Å². The molecule has 0 saturated carbocycles. The lowest BCUT2D eigenvalue weighted by Gasteiger charge is -2.09. The molecule has 0 atom stereocenters. The summed E-state index contributed by atoms with van der Waals surface area (Å²) in [6.45, 7) is 0.315. The van der Waals surface area contributed by atoms with Crippen molar-refractivity contribution in [3.05, 3.63) is 81.3 Å². The second kappa shape index (κ2) is 8.60. The predicted octanol–water partition coefficient (Wildman–Crippen LogP) is 3.91. The number of nitrogens with one attached hydrogen (secondary N) is 2. The highest BCUT2D eigenvalue weighted by atomic mass is 35.5. The Morgan fingerprint density at radius 1 is 1.12 bits per heavy atom. The number of rotatable bonds is 6. The Kier molecular flexibility index (Phi) is 5.99. The number of aromatic nitrogens is 1. The first-order chi connectivity index (χ1) is 12.6. The molecule has 0 unspecified atom stereocenters. The number of benzene rings is 1. The van der Waals surface area contributed by atoms with E-state index < -0.39 is 0 Å². The fraction of sp³-hybridized carbons (Fsp3) is 0.105. The van der Waals surface area contributed by atoms with Crippen LogP contribution in [0.3, 0.4) is 0 Å². The zero-order valence-electron chi connectivity index (χ0n) is 13.7. The maximum absolute atomic E-state index is 12.3. The van der Waals surface area contributed by atoms with Crippen LogP contribution in [0.25, 0.3) is 0 Å². The first kappa shape index (κ1) is 18.1. The highest BCUT2D eigenvalue weighted by Gasteiger charge is 2.12. The van der Waals surface area contributed by atoms with Crippen LogP contribution in [0.15, 0.2) is 60.1 Å². The molecule has 26 heavy (non-hydrogen) atoms. The van der Waals surface area contributed by atoms with Crippen LogP contribution in [0.2, 0.25) is 5.02 Å². The summed E-state index contributed by atoms with van der Waals surface area (Å²) in [6, 6.07) is 14.1. The summed E-state index contributed by atoms with van der Waals surface area (Å²) in [7, 11) is 0. The van der Waals surface area contributed by atoms with Crippen molar-refractivity contribution in [3.8, 4) is 0 Å². The van der Waals surface area contributed by atoms with E-state index >= 15 is 0 Å². The van der Waals surface area contributed by atoms with Crippen molar-refractivity contribution in [2.75, 3.05) is 5.32 Å². The minimum absolute atomic E-state index is 0.129.